The minimum atomic E-state index is -4.52. The molecule has 1 amide bonds. The van der Waals surface area contributed by atoms with Crippen LogP contribution in [0.25, 0.3) is 11.1 Å². The molecular weight excluding hydrogens is 387 g/mol. The Morgan fingerprint density at radius 2 is 1.86 bits per heavy atom. The van der Waals surface area contributed by atoms with Crippen LogP contribution >= 0.6 is 0 Å². The minimum absolute atomic E-state index is 0.0274. The molecule has 9 heteroatoms. The molecule has 5 rings (SSSR count). The molecule has 3 heterocycles. The van der Waals surface area contributed by atoms with Gasteiger partial charge in [0.05, 0.1) is 42.3 Å². The number of nitrogens with one attached hydrogen (secondary N) is 1. The van der Waals surface area contributed by atoms with Crippen molar-refractivity contribution in [2.75, 3.05) is 18.5 Å². The third-order valence-electron chi connectivity index (χ3n) is 4.93. The van der Waals surface area contributed by atoms with Crippen LogP contribution in [0.1, 0.15) is 22.0 Å². The Hall–Kier alpha value is -3.33. The van der Waals surface area contributed by atoms with Gasteiger partial charge in [-0.2, -0.15) is 18.3 Å². The molecule has 0 spiro atoms. The second kappa shape index (κ2) is 6.35. The van der Waals surface area contributed by atoms with Gasteiger partial charge in [-0.1, -0.05) is 6.07 Å². The zero-order chi connectivity index (χ0) is 20.2. The zero-order valence-corrected chi connectivity index (χ0v) is 14.9. The molecule has 1 saturated heterocycles. The molecule has 0 unspecified atom stereocenters. The van der Waals surface area contributed by atoms with E-state index in [0.717, 1.165) is 23.3 Å². The van der Waals surface area contributed by atoms with Crippen LogP contribution in [0.4, 0.5) is 18.9 Å². The highest BCUT2D eigenvalue weighted by Gasteiger charge is 2.32. The van der Waals surface area contributed by atoms with E-state index in [1.807, 2.05) is 10.9 Å². The van der Waals surface area contributed by atoms with Crippen molar-refractivity contribution in [2.45, 2.75) is 12.2 Å². The Kier molecular flexibility index (Phi) is 3.88. The Morgan fingerprint density at radius 3 is 2.59 bits per heavy atom. The van der Waals surface area contributed by atoms with Crippen molar-refractivity contribution in [1.29, 1.82) is 0 Å². The smallest absolute Gasteiger partial charge is 0.416 e. The van der Waals surface area contributed by atoms with E-state index in [0.29, 0.717) is 13.2 Å². The molecule has 6 nitrogen and oxygen atoms in total. The average Bonchev–Trinajstić information content (AvgIpc) is 3.04. The highest BCUT2D eigenvalue weighted by molar-refractivity contribution is 6.08. The number of benzene rings is 2. The molecular formula is C20H14F3N3O3. The van der Waals surface area contributed by atoms with Gasteiger partial charge in [0.1, 0.15) is 5.75 Å². The maximum Gasteiger partial charge on any atom is 0.416 e. The number of rotatable bonds is 2. The summed E-state index contributed by atoms with van der Waals surface area (Å²) in [5, 5.41) is 6.84. The van der Waals surface area contributed by atoms with E-state index in [4.69, 9.17) is 9.47 Å². The molecule has 0 radical (unpaired) electrons. The fraction of sp³-hybridized carbons (Fsp3) is 0.200. The Labute approximate surface area is 162 Å². The molecule has 0 bridgehead atoms. The maximum absolute atomic E-state index is 13.0. The first-order valence-corrected chi connectivity index (χ1v) is 8.85. The van der Waals surface area contributed by atoms with Crippen LogP contribution in [0.2, 0.25) is 0 Å². The molecule has 1 N–H and O–H groups in total. The molecule has 0 atom stereocenters. The summed E-state index contributed by atoms with van der Waals surface area (Å²) in [6.45, 7) is 1.22. The van der Waals surface area contributed by atoms with E-state index in [9.17, 15) is 18.0 Å². The van der Waals surface area contributed by atoms with E-state index in [-0.39, 0.29) is 28.8 Å². The highest BCUT2D eigenvalue weighted by atomic mass is 19.4. The molecule has 2 aliphatic heterocycles. The first-order chi connectivity index (χ1) is 13.9. The number of nitrogens with zero attached hydrogens (tertiary/aromatic N) is 2. The van der Waals surface area contributed by atoms with Gasteiger partial charge in [0.25, 0.3) is 5.91 Å². The monoisotopic (exact) mass is 401 g/mol. The van der Waals surface area contributed by atoms with Crippen molar-refractivity contribution >= 4 is 11.6 Å². The first-order valence-electron chi connectivity index (χ1n) is 8.85. The number of alkyl halides is 3. The van der Waals surface area contributed by atoms with Crippen LogP contribution in [0.5, 0.6) is 11.5 Å². The molecule has 148 valence electrons. The van der Waals surface area contributed by atoms with Gasteiger partial charge in [-0.05, 0) is 35.9 Å². The third-order valence-corrected chi connectivity index (χ3v) is 4.93. The lowest BCUT2D eigenvalue weighted by Gasteiger charge is -2.25. The van der Waals surface area contributed by atoms with Crippen molar-refractivity contribution in [3.63, 3.8) is 0 Å². The predicted octanol–water partition coefficient (Wildman–Crippen LogP) is 4.50. The largest absolute Gasteiger partial charge is 0.454 e. The number of carbonyl (C=O) groups excluding carboxylic acids is 1. The summed E-state index contributed by atoms with van der Waals surface area (Å²) in [6, 6.07) is 8.23. The first kappa shape index (κ1) is 17.7. The standard InChI is InChI=1S/C20H14F3N3O3/c21-20(22,23)13-2-4-18-16(6-13)25-19(27)15-5-11(1-3-17(15)29-18)12-7-24-26(8-12)14-9-28-10-14/h1-8,14H,9-10H2,(H,25,27). The number of hydrogen-bond acceptors (Lipinski definition) is 4. The highest BCUT2D eigenvalue weighted by Crippen LogP contribution is 2.40. The lowest BCUT2D eigenvalue weighted by atomic mass is 10.0. The number of hydrogen-bond donors (Lipinski definition) is 1. The van der Waals surface area contributed by atoms with Crippen LogP contribution in [0, 0.1) is 0 Å². The van der Waals surface area contributed by atoms with E-state index in [2.05, 4.69) is 10.4 Å². The number of anilines is 1. The normalized spacial score (nSPS) is 16.2. The lowest BCUT2D eigenvalue weighted by Crippen LogP contribution is -2.30. The molecule has 2 aromatic carbocycles. The number of halogens is 3. The molecule has 1 aromatic heterocycles. The van der Waals surface area contributed by atoms with Crippen molar-refractivity contribution in [3.05, 3.63) is 59.9 Å². The van der Waals surface area contributed by atoms with Gasteiger partial charge in [-0.15, -0.1) is 0 Å². The van der Waals surface area contributed by atoms with Crippen molar-refractivity contribution in [1.82, 2.24) is 9.78 Å². The second-order valence-corrected chi connectivity index (χ2v) is 6.88. The van der Waals surface area contributed by atoms with Gasteiger partial charge in [0, 0.05) is 11.8 Å². The van der Waals surface area contributed by atoms with Crippen LogP contribution in [-0.4, -0.2) is 28.9 Å². The van der Waals surface area contributed by atoms with E-state index in [1.54, 1.807) is 24.4 Å². The maximum atomic E-state index is 13.0. The minimum Gasteiger partial charge on any atom is -0.454 e. The number of ether oxygens (including phenoxy) is 2. The van der Waals surface area contributed by atoms with Crippen molar-refractivity contribution < 1.29 is 27.4 Å². The summed E-state index contributed by atoms with van der Waals surface area (Å²) >= 11 is 0. The Bertz CT molecular complexity index is 1120. The van der Waals surface area contributed by atoms with E-state index in [1.165, 1.54) is 6.07 Å². The molecule has 0 aliphatic carbocycles. The molecule has 2 aliphatic rings. The van der Waals surface area contributed by atoms with Crippen LogP contribution in [-0.2, 0) is 10.9 Å². The van der Waals surface area contributed by atoms with Gasteiger partial charge in [-0.25, -0.2) is 0 Å². The van der Waals surface area contributed by atoms with Gasteiger partial charge in [-0.3, -0.25) is 9.48 Å². The predicted molar refractivity (Wildman–Crippen MR) is 97.0 cm³/mol. The van der Waals surface area contributed by atoms with Crippen LogP contribution in [0.3, 0.4) is 0 Å². The van der Waals surface area contributed by atoms with Gasteiger partial charge in [0.2, 0.25) is 0 Å². The quantitative estimate of drug-likeness (QED) is 0.687. The summed E-state index contributed by atoms with van der Waals surface area (Å²) in [7, 11) is 0. The van der Waals surface area contributed by atoms with Gasteiger partial charge in [0.15, 0.2) is 5.75 Å². The van der Waals surface area contributed by atoms with Crippen LogP contribution in [0.15, 0.2) is 48.8 Å². The van der Waals surface area contributed by atoms with Crippen LogP contribution < -0.4 is 10.1 Å². The second-order valence-electron chi connectivity index (χ2n) is 6.88. The third kappa shape index (κ3) is 3.13. The van der Waals surface area contributed by atoms with Crippen molar-refractivity contribution in [3.8, 4) is 22.6 Å². The molecule has 1 fully saturated rings. The SMILES string of the molecule is O=C1Nc2cc(C(F)(F)F)ccc2Oc2ccc(-c3cnn(C4COC4)c3)cc21. The van der Waals surface area contributed by atoms with Crippen molar-refractivity contribution in [2.24, 2.45) is 0 Å². The topological polar surface area (TPSA) is 65.4 Å². The number of amides is 1. The summed E-state index contributed by atoms with van der Waals surface area (Å²) < 4.78 is 51.6. The summed E-state index contributed by atoms with van der Waals surface area (Å²) in [4.78, 5) is 12.7. The Morgan fingerprint density at radius 1 is 1.07 bits per heavy atom. The molecule has 3 aromatic rings. The Balaban J connectivity index is 1.48. The fourth-order valence-corrected chi connectivity index (χ4v) is 3.24. The zero-order valence-electron chi connectivity index (χ0n) is 14.9. The summed E-state index contributed by atoms with van der Waals surface area (Å²) in [5.74, 6) is -0.125. The van der Waals surface area contributed by atoms with E-state index < -0.39 is 17.6 Å². The average molecular weight is 401 g/mol. The summed E-state index contributed by atoms with van der Waals surface area (Å²) in [5.41, 5.74) is 0.899. The van der Waals surface area contributed by atoms with Gasteiger partial charge >= 0.3 is 6.18 Å². The number of carbonyl (C=O) groups is 1. The fourth-order valence-electron chi connectivity index (χ4n) is 3.24. The summed E-state index contributed by atoms with van der Waals surface area (Å²) in [6.07, 6.45) is -0.952. The molecule has 0 saturated carbocycles. The lowest BCUT2D eigenvalue weighted by molar-refractivity contribution is -0.137. The number of fused-ring (bicyclic) bond motifs is 2. The molecule has 29 heavy (non-hydrogen) atoms. The van der Waals surface area contributed by atoms with E-state index >= 15 is 0 Å². The van der Waals surface area contributed by atoms with Gasteiger partial charge < -0.3 is 14.8 Å². The number of aromatic nitrogens is 2.